The molecule has 0 radical (unpaired) electrons. The van der Waals surface area contributed by atoms with Gasteiger partial charge in [0.05, 0.1) is 7.11 Å². The van der Waals surface area contributed by atoms with Crippen molar-refractivity contribution in [3.63, 3.8) is 0 Å². The Morgan fingerprint density at radius 3 is 2.43 bits per heavy atom. The lowest BCUT2D eigenvalue weighted by atomic mass is 10.2. The molecule has 3 rings (SSSR count). The van der Waals surface area contributed by atoms with Gasteiger partial charge in [0.15, 0.2) is 22.1 Å². The number of aryl methyl sites for hydroxylation is 2. The van der Waals surface area contributed by atoms with E-state index in [0.29, 0.717) is 0 Å². The van der Waals surface area contributed by atoms with Crippen molar-refractivity contribution in [3.8, 4) is 5.75 Å². The number of thioether (sulfide) groups is 1. The summed E-state index contributed by atoms with van der Waals surface area (Å²) in [4.78, 5) is 16.9. The molecule has 0 aliphatic rings. The summed E-state index contributed by atoms with van der Waals surface area (Å²) >= 11 is 1.66. The van der Waals surface area contributed by atoms with Gasteiger partial charge in [-0.3, -0.25) is 0 Å². The van der Waals surface area contributed by atoms with Crippen LogP contribution in [0.1, 0.15) is 38.6 Å². The molecule has 0 bridgehead atoms. The first-order valence-corrected chi connectivity index (χ1v) is 10.8. The Morgan fingerprint density at radius 2 is 1.82 bits per heavy atom. The van der Waals surface area contributed by atoms with Crippen molar-refractivity contribution in [1.29, 1.82) is 0 Å². The average molecular weight is 400 g/mol. The summed E-state index contributed by atoms with van der Waals surface area (Å²) in [6.07, 6.45) is 1.95. The number of benzene rings is 1. The monoisotopic (exact) mass is 399 g/mol. The maximum atomic E-state index is 5.24. The molecule has 28 heavy (non-hydrogen) atoms. The first kappa shape index (κ1) is 20.5. The molecule has 6 nitrogen and oxygen atoms in total. The maximum absolute atomic E-state index is 5.24. The Morgan fingerprint density at radius 1 is 1.07 bits per heavy atom. The Balaban J connectivity index is 1.95. The number of rotatable bonds is 9. The minimum atomic E-state index is 0.790. The maximum Gasteiger partial charge on any atom is 0.191 e. The third-order valence-corrected chi connectivity index (χ3v) is 5.71. The predicted octanol–water partition coefficient (Wildman–Crippen LogP) is 4.46. The first-order valence-electron chi connectivity index (χ1n) is 9.85. The highest BCUT2D eigenvalue weighted by atomic mass is 32.2. The van der Waals surface area contributed by atoms with Gasteiger partial charge in [-0.2, -0.15) is 0 Å². The molecule has 0 unspecified atom stereocenters. The highest BCUT2D eigenvalue weighted by Crippen LogP contribution is 2.29. The number of fused-ring (bicyclic) bond motifs is 1. The fraction of sp³-hybridized carbons (Fsp3) is 0.476. The van der Waals surface area contributed by atoms with Crippen molar-refractivity contribution in [2.75, 3.05) is 25.1 Å². The van der Waals surface area contributed by atoms with Crippen LogP contribution in [0.15, 0.2) is 29.4 Å². The highest BCUT2D eigenvalue weighted by Gasteiger charge is 2.19. The van der Waals surface area contributed by atoms with Crippen LogP contribution in [0.2, 0.25) is 0 Å². The van der Waals surface area contributed by atoms with Crippen molar-refractivity contribution in [3.05, 3.63) is 35.7 Å². The molecule has 3 aromatic rings. The van der Waals surface area contributed by atoms with E-state index in [1.807, 2.05) is 19.2 Å². The standard InChI is InChI=1S/C21H29N5OS/c1-6-13-26(8-3)20-18-19(25(4)17(7-2)22-18)23-21(24-20)28-14-15-9-11-16(27-5)12-10-15/h9-12H,6-8,13-14H2,1-5H3. The quantitative estimate of drug-likeness (QED) is 0.391. The Hall–Kier alpha value is -2.28. The van der Waals surface area contributed by atoms with E-state index < -0.39 is 0 Å². The molecule has 150 valence electrons. The molecule has 0 saturated carbocycles. The van der Waals surface area contributed by atoms with E-state index >= 15 is 0 Å². The lowest BCUT2D eigenvalue weighted by Crippen LogP contribution is -2.25. The van der Waals surface area contributed by atoms with Gasteiger partial charge in [0.1, 0.15) is 11.6 Å². The Bertz CT molecular complexity index is 923. The van der Waals surface area contributed by atoms with Crippen molar-refractivity contribution >= 4 is 28.7 Å². The lowest BCUT2D eigenvalue weighted by molar-refractivity contribution is 0.414. The first-order chi connectivity index (χ1) is 13.6. The average Bonchev–Trinajstić information content (AvgIpc) is 3.06. The number of anilines is 1. The third kappa shape index (κ3) is 4.24. The van der Waals surface area contributed by atoms with Crippen molar-refractivity contribution < 1.29 is 4.74 Å². The normalized spacial score (nSPS) is 11.2. The largest absolute Gasteiger partial charge is 0.497 e. The fourth-order valence-corrected chi connectivity index (χ4v) is 4.02. The van der Waals surface area contributed by atoms with Crippen LogP contribution in [-0.2, 0) is 19.2 Å². The van der Waals surface area contributed by atoms with E-state index in [0.717, 1.165) is 65.4 Å². The summed E-state index contributed by atoms with van der Waals surface area (Å²) in [5.41, 5.74) is 3.04. The minimum absolute atomic E-state index is 0.790. The van der Waals surface area contributed by atoms with Crippen LogP contribution >= 0.6 is 11.8 Å². The summed E-state index contributed by atoms with van der Waals surface area (Å²) in [6, 6.07) is 8.14. The van der Waals surface area contributed by atoms with Crippen molar-refractivity contribution in [2.24, 2.45) is 7.05 Å². The summed E-state index contributed by atoms with van der Waals surface area (Å²) < 4.78 is 7.33. The molecule has 0 aliphatic carbocycles. The molecule has 2 heterocycles. The number of imidazole rings is 1. The number of aromatic nitrogens is 4. The molecule has 1 aromatic carbocycles. The van der Waals surface area contributed by atoms with Gasteiger partial charge in [0.25, 0.3) is 0 Å². The summed E-state index contributed by atoms with van der Waals surface area (Å²) in [5, 5.41) is 0.790. The number of methoxy groups -OCH3 is 1. The molecular weight excluding hydrogens is 370 g/mol. The highest BCUT2D eigenvalue weighted by molar-refractivity contribution is 7.98. The molecule has 0 aliphatic heterocycles. The number of ether oxygens (including phenoxy) is 1. The molecule has 0 saturated heterocycles. The molecule has 0 fully saturated rings. The van der Waals surface area contributed by atoms with Gasteiger partial charge < -0.3 is 14.2 Å². The zero-order valence-corrected chi connectivity index (χ0v) is 18.2. The fourth-order valence-electron chi connectivity index (χ4n) is 3.23. The van der Waals surface area contributed by atoms with Crippen molar-refractivity contribution in [2.45, 2.75) is 44.5 Å². The number of hydrogen-bond acceptors (Lipinski definition) is 6. The number of hydrogen-bond donors (Lipinski definition) is 0. The summed E-state index contributed by atoms with van der Waals surface area (Å²) in [7, 11) is 3.72. The van der Waals surface area contributed by atoms with Crippen LogP contribution in [0, 0.1) is 0 Å². The van der Waals surface area contributed by atoms with Gasteiger partial charge >= 0.3 is 0 Å². The summed E-state index contributed by atoms with van der Waals surface area (Å²) in [5.74, 6) is 3.67. The van der Waals surface area contributed by atoms with E-state index in [9.17, 15) is 0 Å². The zero-order chi connectivity index (χ0) is 20.1. The molecule has 7 heteroatoms. The van der Waals surface area contributed by atoms with Gasteiger partial charge in [-0.05, 0) is 31.0 Å². The van der Waals surface area contributed by atoms with Crippen molar-refractivity contribution in [1.82, 2.24) is 19.5 Å². The van der Waals surface area contributed by atoms with Crippen LogP contribution in [-0.4, -0.2) is 39.7 Å². The Kier molecular flexibility index (Phi) is 6.78. The second kappa shape index (κ2) is 9.28. The molecule has 0 amide bonds. The number of nitrogens with zero attached hydrogens (tertiary/aromatic N) is 5. The summed E-state index contributed by atoms with van der Waals surface area (Å²) in [6.45, 7) is 8.34. The van der Waals surface area contributed by atoms with Gasteiger partial charge in [0.2, 0.25) is 0 Å². The molecule has 2 aromatic heterocycles. The van der Waals surface area contributed by atoms with Gasteiger partial charge in [-0.1, -0.05) is 37.7 Å². The minimum Gasteiger partial charge on any atom is -0.497 e. The van der Waals surface area contributed by atoms with Crippen LogP contribution in [0.4, 0.5) is 5.82 Å². The van der Waals surface area contributed by atoms with E-state index in [1.54, 1.807) is 18.9 Å². The second-order valence-corrected chi connectivity index (χ2v) is 7.60. The SMILES string of the molecule is CCCN(CC)c1nc(SCc2ccc(OC)cc2)nc2c1nc(CC)n2C. The van der Waals surface area contributed by atoms with Gasteiger partial charge in [0, 0.05) is 32.3 Å². The van der Waals surface area contributed by atoms with Crippen LogP contribution in [0.5, 0.6) is 5.75 Å². The van der Waals surface area contributed by atoms with E-state index in [-0.39, 0.29) is 0 Å². The lowest BCUT2D eigenvalue weighted by Gasteiger charge is -2.21. The molecule has 0 N–H and O–H groups in total. The van der Waals surface area contributed by atoms with Crippen LogP contribution in [0.25, 0.3) is 11.2 Å². The molecule has 0 spiro atoms. The van der Waals surface area contributed by atoms with E-state index in [2.05, 4.69) is 42.4 Å². The molecular formula is C21H29N5OS. The second-order valence-electron chi connectivity index (χ2n) is 6.66. The van der Waals surface area contributed by atoms with Crippen LogP contribution < -0.4 is 9.64 Å². The van der Waals surface area contributed by atoms with Gasteiger partial charge in [-0.15, -0.1) is 0 Å². The Labute approximate surface area is 171 Å². The predicted molar refractivity (Wildman–Crippen MR) is 116 cm³/mol. The topological polar surface area (TPSA) is 56.1 Å². The van der Waals surface area contributed by atoms with E-state index in [4.69, 9.17) is 19.7 Å². The van der Waals surface area contributed by atoms with Gasteiger partial charge in [-0.25, -0.2) is 15.0 Å². The molecule has 0 atom stereocenters. The smallest absolute Gasteiger partial charge is 0.191 e. The van der Waals surface area contributed by atoms with E-state index in [1.165, 1.54) is 5.56 Å². The van der Waals surface area contributed by atoms with Crippen LogP contribution in [0.3, 0.4) is 0 Å². The zero-order valence-electron chi connectivity index (χ0n) is 17.4. The third-order valence-electron chi connectivity index (χ3n) is 4.79.